The van der Waals surface area contributed by atoms with Crippen molar-refractivity contribution in [2.45, 2.75) is 0 Å². The quantitative estimate of drug-likeness (QED) is 0.702. The highest BCUT2D eigenvalue weighted by molar-refractivity contribution is 5.90. The SMILES string of the molecule is NC(=O)c1cnc(N2CCOCC2)cn1. The second kappa shape index (κ2) is 4.22. The molecule has 1 aliphatic rings. The molecule has 0 aliphatic carbocycles. The lowest BCUT2D eigenvalue weighted by molar-refractivity contribution is 0.0995. The van der Waals surface area contributed by atoms with Gasteiger partial charge in [-0.3, -0.25) is 4.79 Å². The van der Waals surface area contributed by atoms with E-state index in [1.807, 2.05) is 0 Å². The summed E-state index contributed by atoms with van der Waals surface area (Å²) in [7, 11) is 0. The van der Waals surface area contributed by atoms with E-state index in [2.05, 4.69) is 14.9 Å². The molecular formula is C9H12N4O2. The van der Waals surface area contributed by atoms with Crippen LogP contribution in [0.25, 0.3) is 0 Å². The first-order valence-electron chi connectivity index (χ1n) is 4.72. The maximum absolute atomic E-state index is 10.8. The van der Waals surface area contributed by atoms with Crippen LogP contribution in [0.3, 0.4) is 0 Å². The zero-order valence-electron chi connectivity index (χ0n) is 8.22. The minimum atomic E-state index is -0.559. The molecule has 0 atom stereocenters. The minimum Gasteiger partial charge on any atom is -0.378 e. The van der Waals surface area contributed by atoms with Crippen LogP contribution in [0.15, 0.2) is 12.4 Å². The van der Waals surface area contributed by atoms with Crippen molar-refractivity contribution in [3.8, 4) is 0 Å². The summed E-state index contributed by atoms with van der Waals surface area (Å²) >= 11 is 0. The summed E-state index contributed by atoms with van der Waals surface area (Å²) in [5.41, 5.74) is 5.25. The van der Waals surface area contributed by atoms with E-state index in [-0.39, 0.29) is 5.69 Å². The van der Waals surface area contributed by atoms with Crippen LogP contribution in [-0.4, -0.2) is 42.2 Å². The minimum absolute atomic E-state index is 0.187. The van der Waals surface area contributed by atoms with Gasteiger partial charge in [-0.05, 0) is 0 Å². The molecule has 1 fully saturated rings. The number of rotatable bonds is 2. The predicted molar refractivity (Wildman–Crippen MR) is 53.6 cm³/mol. The van der Waals surface area contributed by atoms with Gasteiger partial charge in [-0.25, -0.2) is 9.97 Å². The number of aromatic nitrogens is 2. The van der Waals surface area contributed by atoms with Gasteiger partial charge in [0.2, 0.25) is 0 Å². The van der Waals surface area contributed by atoms with Gasteiger partial charge >= 0.3 is 0 Å². The van der Waals surface area contributed by atoms with Crippen LogP contribution in [0.4, 0.5) is 5.82 Å². The molecule has 1 amide bonds. The summed E-state index contributed by atoms with van der Waals surface area (Å²) in [6.07, 6.45) is 2.96. The Morgan fingerprint density at radius 3 is 2.60 bits per heavy atom. The van der Waals surface area contributed by atoms with E-state index in [4.69, 9.17) is 10.5 Å². The molecule has 0 spiro atoms. The number of carbonyl (C=O) groups is 1. The number of primary amides is 1. The van der Waals surface area contributed by atoms with E-state index in [0.717, 1.165) is 18.9 Å². The van der Waals surface area contributed by atoms with Crippen LogP contribution in [-0.2, 0) is 4.74 Å². The van der Waals surface area contributed by atoms with Crippen molar-refractivity contribution in [2.24, 2.45) is 5.73 Å². The number of nitrogens with two attached hydrogens (primary N) is 1. The Kier molecular flexibility index (Phi) is 2.77. The Morgan fingerprint density at radius 2 is 2.07 bits per heavy atom. The fourth-order valence-corrected chi connectivity index (χ4v) is 1.40. The molecule has 2 N–H and O–H groups in total. The summed E-state index contributed by atoms with van der Waals surface area (Å²) in [6, 6.07) is 0. The lowest BCUT2D eigenvalue weighted by Crippen LogP contribution is -2.36. The van der Waals surface area contributed by atoms with E-state index in [1.165, 1.54) is 6.20 Å². The molecule has 1 saturated heterocycles. The first-order valence-corrected chi connectivity index (χ1v) is 4.72. The average molecular weight is 208 g/mol. The molecule has 6 nitrogen and oxygen atoms in total. The molecule has 0 bridgehead atoms. The smallest absolute Gasteiger partial charge is 0.268 e. The van der Waals surface area contributed by atoms with Crippen molar-refractivity contribution in [3.05, 3.63) is 18.1 Å². The van der Waals surface area contributed by atoms with Crippen LogP contribution in [0.1, 0.15) is 10.5 Å². The molecule has 0 unspecified atom stereocenters. The van der Waals surface area contributed by atoms with Gasteiger partial charge in [-0.15, -0.1) is 0 Å². The molecule has 2 heterocycles. The van der Waals surface area contributed by atoms with Gasteiger partial charge in [-0.1, -0.05) is 0 Å². The molecular weight excluding hydrogens is 196 g/mol. The highest BCUT2D eigenvalue weighted by Crippen LogP contribution is 2.10. The molecule has 0 aromatic carbocycles. The van der Waals surface area contributed by atoms with E-state index >= 15 is 0 Å². The van der Waals surface area contributed by atoms with Gasteiger partial charge in [0.25, 0.3) is 5.91 Å². The van der Waals surface area contributed by atoms with Crippen molar-refractivity contribution >= 4 is 11.7 Å². The number of hydrogen-bond donors (Lipinski definition) is 1. The van der Waals surface area contributed by atoms with Gasteiger partial charge in [0.1, 0.15) is 11.5 Å². The van der Waals surface area contributed by atoms with Crippen molar-refractivity contribution in [2.75, 3.05) is 31.2 Å². The molecule has 0 radical (unpaired) electrons. The molecule has 1 aromatic heterocycles. The lowest BCUT2D eigenvalue weighted by atomic mass is 10.4. The Labute approximate surface area is 87.1 Å². The number of carbonyl (C=O) groups excluding carboxylic acids is 1. The largest absolute Gasteiger partial charge is 0.378 e. The van der Waals surface area contributed by atoms with Crippen molar-refractivity contribution in [3.63, 3.8) is 0 Å². The average Bonchev–Trinajstić information content (AvgIpc) is 2.30. The number of hydrogen-bond acceptors (Lipinski definition) is 5. The Bertz CT molecular complexity index is 346. The Hall–Kier alpha value is -1.69. The molecule has 2 rings (SSSR count). The standard InChI is InChI=1S/C9H12N4O2/c10-9(14)7-5-12-8(6-11-7)13-1-3-15-4-2-13/h5-6H,1-4H2,(H2,10,14). The highest BCUT2D eigenvalue weighted by atomic mass is 16.5. The summed E-state index contributed by atoms with van der Waals surface area (Å²) in [5, 5.41) is 0. The van der Waals surface area contributed by atoms with E-state index in [9.17, 15) is 4.79 Å². The van der Waals surface area contributed by atoms with E-state index in [1.54, 1.807) is 6.20 Å². The van der Waals surface area contributed by atoms with Gasteiger partial charge in [-0.2, -0.15) is 0 Å². The Morgan fingerprint density at radius 1 is 1.33 bits per heavy atom. The second-order valence-corrected chi connectivity index (χ2v) is 3.22. The van der Waals surface area contributed by atoms with Gasteiger partial charge in [0.15, 0.2) is 0 Å². The molecule has 6 heteroatoms. The van der Waals surface area contributed by atoms with Crippen molar-refractivity contribution in [1.29, 1.82) is 0 Å². The highest BCUT2D eigenvalue weighted by Gasteiger charge is 2.13. The first kappa shape index (κ1) is 9.85. The molecule has 1 aliphatic heterocycles. The monoisotopic (exact) mass is 208 g/mol. The molecule has 1 aromatic rings. The zero-order valence-corrected chi connectivity index (χ0v) is 8.22. The van der Waals surface area contributed by atoms with Crippen LogP contribution >= 0.6 is 0 Å². The summed E-state index contributed by atoms with van der Waals surface area (Å²) in [4.78, 5) is 20.9. The van der Waals surface area contributed by atoms with Crippen LogP contribution in [0, 0.1) is 0 Å². The van der Waals surface area contributed by atoms with E-state index < -0.39 is 5.91 Å². The topological polar surface area (TPSA) is 81.3 Å². The number of ether oxygens (including phenoxy) is 1. The first-order chi connectivity index (χ1) is 7.27. The van der Waals surface area contributed by atoms with Crippen molar-refractivity contribution in [1.82, 2.24) is 9.97 Å². The maximum Gasteiger partial charge on any atom is 0.268 e. The molecule has 0 saturated carbocycles. The number of morpholine rings is 1. The third-order valence-corrected chi connectivity index (χ3v) is 2.23. The maximum atomic E-state index is 10.8. The number of nitrogens with zero attached hydrogens (tertiary/aromatic N) is 3. The fourth-order valence-electron chi connectivity index (χ4n) is 1.40. The fraction of sp³-hybridized carbons (Fsp3) is 0.444. The van der Waals surface area contributed by atoms with Crippen molar-refractivity contribution < 1.29 is 9.53 Å². The normalized spacial score (nSPS) is 16.4. The lowest BCUT2D eigenvalue weighted by Gasteiger charge is -2.27. The molecule has 15 heavy (non-hydrogen) atoms. The third-order valence-electron chi connectivity index (χ3n) is 2.23. The van der Waals surface area contributed by atoms with Gasteiger partial charge in [0.05, 0.1) is 25.6 Å². The van der Waals surface area contributed by atoms with Gasteiger partial charge < -0.3 is 15.4 Å². The summed E-state index contributed by atoms with van der Waals surface area (Å²) in [5.74, 6) is 0.194. The van der Waals surface area contributed by atoms with Crippen LogP contribution < -0.4 is 10.6 Å². The summed E-state index contributed by atoms with van der Waals surface area (Å²) < 4.78 is 5.22. The van der Waals surface area contributed by atoms with Crippen LogP contribution in [0.2, 0.25) is 0 Å². The third kappa shape index (κ3) is 2.21. The summed E-state index contributed by atoms with van der Waals surface area (Å²) in [6.45, 7) is 2.98. The molecule has 80 valence electrons. The second-order valence-electron chi connectivity index (χ2n) is 3.22. The van der Waals surface area contributed by atoms with E-state index in [0.29, 0.717) is 13.2 Å². The number of anilines is 1. The Balaban J connectivity index is 2.11. The zero-order chi connectivity index (χ0) is 10.7. The predicted octanol–water partition coefficient (Wildman–Crippen LogP) is -0.588. The number of amides is 1. The van der Waals surface area contributed by atoms with Gasteiger partial charge in [0, 0.05) is 13.1 Å². The van der Waals surface area contributed by atoms with Crippen LogP contribution in [0.5, 0.6) is 0 Å².